The van der Waals surface area contributed by atoms with Gasteiger partial charge in [0.15, 0.2) is 6.61 Å². The number of hydrogen-bond donors (Lipinski definition) is 2. The van der Waals surface area contributed by atoms with Crippen LogP contribution < -0.4 is 10.6 Å². The number of hydrogen-bond acceptors (Lipinski definition) is 4. The van der Waals surface area contributed by atoms with E-state index in [-0.39, 0.29) is 5.91 Å². The van der Waals surface area contributed by atoms with E-state index in [4.69, 9.17) is 0 Å². The summed E-state index contributed by atoms with van der Waals surface area (Å²) in [6.45, 7) is 0.615. The maximum Gasteiger partial charge on any atom is 0.344 e. The molecule has 0 unspecified atom stereocenters. The summed E-state index contributed by atoms with van der Waals surface area (Å²) in [4.78, 5) is 34.5. The Bertz CT molecular complexity index is 804. The molecule has 0 aliphatic rings. The summed E-state index contributed by atoms with van der Waals surface area (Å²) in [5.41, 5.74) is -0.0388. The molecule has 6 nitrogen and oxygen atoms in total. The van der Waals surface area contributed by atoms with E-state index in [1.807, 2.05) is 0 Å². The van der Waals surface area contributed by atoms with E-state index in [9.17, 15) is 23.2 Å². The van der Waals surface area contributed by atoms with Crippen LogP contribution in [0.1, 0.15) is 17.3 Å². The highest BCUT2D eigenvalue weighted by Gasteiger charge is 2.19. The highest BCUT2D eigenvalue weighted by Crippen LogP contribution is 2.16. The SMILES string of the molecule is CC(=O)Nc1cccc(NC(=O)COC(=O)c2c(F)cccc2F)c1. The van der Waals surface area contributed by atoms with Gasteiger partial charge in [0, 0.05) is 18.3 Å². The molecule has 0 spiro atoms. The molecule has 0 atom stereocenters. The zero-order valence-electron chi connectivity index (χ0n) is 13.1. The first-order valence-electron chi connectivity index (χ1n) is 7.15. The van der Waals surface area contributed by atoms with Crippen molar-refractivity contribution < 1.29 is 27.9 Å². The van der Waals surface area contributed by atoms with E-state index in [0.29, 0.717) is 11.4 Å². The number of anilines is 2. The second-order valence-corrected chi connectivity index (χ2v) is 4.98. The van der Waals surface area contributed by atoms with E-state index in [1.54, 1.807) is 18.2 Å². The van der Waals surface area contributed by atoms with Gasteiger partial charge in [-0.05, 0) is 30.3 Å². The fourth-order valence-electron chi connectivity index (χ4n) is 1.97. The number of rotatable bonds is 5. The van der Waals surface area contributed by atoms with Crippen molar-refractivity contribution in [1.29, 1.82) is 0 Å². The normalized spacial score (nSPS) is 10.0. The van der Waals surface area contributed by atoms with E-state index < -0.39 is 35.7 Å². The smallest absolute Gasteiger partial charge is 0.344 e. The molecule has 0 radical (unpaired) electrons. The minimum atomic E-state index is -1.28. The summed E-state index contributed by atoms with van der Waals surface area (Å²) in [6.07, 6.45) is 0. The highest BCUT2D eigenvalue weighted by molar-refractivity contribution is 5.96. The van der Waals surface area contributed by atoms with Gasteiger partial charge >= 0.3 is 5.97 Å². The van der Waals surface area contributed by atoms with Crippen molar-refractivity contribution in [3.8, 4) is 0 Å². The van der Waals surface area contributed by atoms with Crippen LogP contribution in [0, 0.1) is 11.6 Å². The maximum absolute atomic E-state index is 13.4. The molecule has 8 heteroatoms. The Kier molecular flexibility index (Phi) is 5.78. The molecular weight excluding hydrogens is 334 g/mol. The molecule has 25 heavy (non-hydrogen) atoms. The Morgan fingerprint density at radius 2 is 1.52 bits per heavy atom. The monoisotopic (exact) mass is 348 g/mol. The summed E-state index contributed by atoms with van der Waals surface area (Å²) in [7, 11) is 0. The fourth-order valence-corrected chi connectivity index (χ4v) is 1.97. The fraction of sp³-hybridized carbons (Fsp3) is 0.118. The summed E-state index contributed by atoms with van der Waals surface area (Å²) in [5, 5.41) is 4.98. The van der Waals surface area contributed by atoms with Crippen molar-refractivity contribution in [3.63, 3.8) is 0 Å². The quantitative estimate of drug-likeness (QED) is 0.814. The minimum Gasteiger partial charge on any atom is -0.452 e. The van der Waals surface area contributed by atoms with Crippen LogP contribution in [0.3, 0.4) is 0 Å². The van der Waals surface area contributed by atoms with Gasteiger partial charge in [0.05, 0.1) is 0 Å². The molecule has 0 aliphatic heterocycles. The number of amides is 2. The van der Waals surface area contributed by atoms with E-state index in [1.165, 1.54) is 13.0 Å². The Balaban J connectivity index is 1.95. The average Bonchev–Trinajstić information content (AvgIpc) is 2.52. The van der Waals surface area contributed by atoms with Crippen LogP contribution in [0.4, 0.5) is 20.2 Å². The molecule has 2 aromatic rings. The zero-order valence-corrected chi connectivity index (χ0v) is 13.1. The molecule has 2 N–H and O–H groups in total. The Hall–Kier alpha value is -3.29. The first-order valence-corrected chi connectivity index (χ1v) is 7.15. The third-order valence-electron chi connectivity index (χ3n) is 2.97. The van der Waals surface area contributed by atoms with Gasteiger partial charge < -0.3 is 15.4 Å². The van der Waals surface area contributed by atoms with Gasteiger partial charge in [-0.1, -0.05) is 12.1 Å². The molecule has 0 fully saturated rings. The summed E-state index contributed by atoms with van der Waals surface area (Å²) in [5.74, 6) is -4.41. The molecule has 130 valence electrons. The minimum absolute atomic E-state index is 0.274. The van der Waals surface area contributed by atoms with Crippen LogP contribution in [0.5, 0.6) is 0 Å². The number of benzene rings is 2. The van der Waals surface area contributed by atoms with Crippen molar-refractivity contribution in [2.45, 2.75) is 6.92 Å². The summed E-state index contributed by atoms with van der Waals surface area (Å²) >= 11 is 0. The molecule has 0 aliphatic carbocycles. The van der Waals surface area contributed by atoms with Gasteiger partial charge in [0.1, 0.15) is 17.2 Å². The van der Waals surface area contributed by atoms with E-state index in [0.717, 1.165) is 18.2 Å². The Morgan fingerprint density at radius 3 is 2.12 bits per heavy atom. The molecule has 0 saturated heterocycles. The van der Waals surface area contributed by atoms with Crippen molar-refractivity contribution in [2.24, 2.45) is 0 Å². The molecule has 0 heterocycles. The second kappa shape index (κ2) is 8.00. The topological polar surface area (TPSA) is 84.5 Å². The van der Waals surface area contributed by atoms with Gasteiger partial charge in [-0.15, -0.1) is 0 Å². The highest BCUT2D eigenvalue weighted by atomic mass is 19.1. The number of esters is 1. The van der Waals surface area contributed by atoms with Crippen molar-refractivity contribution in [2.75, 3.05) is 17.2 Å². The molecule has 2 amide bonds. The lowest BCUT2D eigenvalue weighted by molar-refractivity contribution is -0.119. The van der Waals surface area contributed by atoms with Gasteiger partial charge in [0.2, 0.25) is 5.91 Å². The number of carbonyl (C=O) groups excluding carboxylic acids is 3. The first-order chi connectivity index (χ1) is 11.9. The number of halogens is 2. The molecule has 0 bridgehead atoms. The Morgan fingerprint density at radius 1 is 0.960 bits per heavy atom. The predicted octanol–water partition coefficient (Wildman–Crippen LogP) is 2.72. The third-order valence-corrected chi connectivity index (χ3v) is 2.97. The van der Waals surface area contributed by atoms with Crippen LogP contribution >= 0.6 is 0 Å². The third kappa shape index (κ3) is 5.10. The molecule has 2 rings (SSSR count). The van der Waals surface area contributed by atoms with Crippen LogP contribution in [0.25, 0.3) is 0 Å². The lowest BCUT2D eigenvalue weighted by atomic mass is 10.2. The van der Waals surface area contributed by atoms with Crippen LogP contribution in [-0.2, 0) is 14.3 Å². The molecule has 2 aromatic carbocycles. The molecule has 0 aromatic heterocycles. The van der Waals surface area contributed by atoms with Crippen molar-refractivity contribution in [1.82, 2.24) is 0 Å². The molecular formula is C17H14F2N2O4. The maximum atomic E-state index is 13.4. The summed E-state index contributed by atoms with van der Waals surface area (Å²) < 4.78 is 31.5. The van der Waals surface area contributed by atoms with Gasteiger partial charge in [-0.2, -0.15) is 0 Å². The standard InChI is InChI=1S/C17H14F2N2O4/c1-10(22)20-11-4-2-5-12(8-11)21-15(23)9-25-17(24)16-13(18)6-3-7-14(16)19/h2-8H,9H2,1H3,(H,20,22)(H,21,23). The van der Waals surface area contributed by atoms with Crippen molar-refractivity contribution >= 4 is 29.2 Å². The van der Waals surface area contributed by atoms with E-state index >= 15 is 0 Å². The largest absolute Gasteiger partial charge is 0.452 e. The molecule has 0 saturated carbocycles. The first kappa shape index (κ1) is 18.1. The Labute approximate surface area is 141 Å². The summed E-state index contributed by atoms with van der Waals surface area (Å²) in [6, 6.07) is 9.20. The predicted molar refractivity (Wildman–Crippen MR) is 86.0 cm³/mol. The average molecular weight is 348 g/mol. The lowest BCUT2D eigenvalue weighted by Gasteiger charge is -2.09. The lowest BCUT2D eigenvalue weighted by Crippen LogP contribution is -2.22. The number of carbonyl (C=O) groups is 3. The van der Waals surface area contributed by atoms with E-state index in [2.05, 4.69) is 15.4 Å². The van der Waals surface area contributed by atoms with Crippen LogP contribution in [-0.4, -0.2) is 24.4 Å². The van der Waals surface area contributed by atoms with Gasteiger partial charge in [-0.3, -0.25) is 9.59 Å². The van der Waals surface area contributed by atoms with Crippen LogP contribution in [0.2, 0.25) is 0 Å². The second-order valence-electron chi connectivity index (χ2n) is 4.98. The van der Waals surface area contributed by atoms with Gasteiger partial charge in [0.25, 0.3) is 5.91 Å². The number of nitrogens with one attached hydrogen (secondary N) is 2. The number of ether oxygens (including phenoxy) is 1. The van der Waals surface area contributed by atoms with Crippen LogP contribution in [0.15, 0.2) is 42.5 Å². The zero-order chi connectivity index (χ0) is 18.4. The van der Waals surface area contributed by atoms with Crippen molar-refractivity contribution in [3.05, 3.63) is 59.7 Å². The van der Waals surface area contributed by atoms with Gasteiger partial charge in [-0.25, -0.2) is 13.6 Å².